The van der Waals surface area contributed by atoms with Gasteiger partial charge in [-0.25, -0.2) is 0 Å². The molecule has 86 valence electrons. The van der Waals surface area contributed by atoms with Gasteiger partial charge in [0.25, 0.3) is 0 Å². The molecule has 1 fully saturated rings. The Morgan fingerprint density at radius 2 is 2.38 bits per heavy atom. The predicted molar refractivity (Wildman–Crippen MR) is 66.8 cm³/mol. The quantitative estimate of drug-likeness (QED) is 0.797. The van der Waals surface area contributed by atoms with E-state index in [-0.39, 0.29) is 10.7 Å². The summed E-state index contributed by atoms with van der Waals surface area (Å²) in [6.07, 6.45) is 0.868. The number of methoxy groups -OCH3 is 1. The summed E-state index contributed by atoms with van der Waals surface area (Å²) in [5.74, 6) is 0.148. The van der Waals surface area contributed by atoms with Crippen LogP contribution < -0.4 is 4.90 Å². The number of rotatable bonds is 3. The van der Waals surface area contributed by atoms with E-state index in [0.29, 0.717) is 6.61 Å². The topological polar surface area (TPSA) is 29.5 Å². The van der Waals surface area contributed by atoms with Gasteiger partial charge in [0, 0.05) is 19.3 Å². The molecule has 0 saturated carbocycles. The molecule has 0 N–H and O–H groups in total. The van der Waals surface area contributed by atoms with Crippen LogP contribution in [0.2, 0.25) is 0 Å². The van der Waals surface area contributed by atoms with E-state index < -0.39 is 0 Å². The Balaban J connectivity index is 2.20. The minimum atomic E-state index is -0.0291. The summed E-state index contributed by atoms with van der Waals surface area (Å²) in [4.78, 5) is 13.6. The number of carbonyl (C=O) groups is 1. The van der Waals surface area contributed by atoms with E-state index in [1.54, 1.807) is 7.11 Å². The number of ether oxygens (including phenoxy) is 1. The number of hydrogen-bond donors (Lipinski definition) is 0. The Morgan fingerprint density at radius 3 is 3.00 bits per heavy atom. The van der Waals surface area contributed by atoms with Crippen LogP contribution in [0.3, 0.4) is 0 Å². The summed E-state index contributed by atoms with van der Waals surface area (Å²) in [6.45, 7) is 1.36. The summed E-state index contributed by atoms with van der Waals surface area (Å²) < 4.78 is 5.08. The molecular weight excluding hydrogens is 270 g/mol. The molecule has 1 atom stereocenters. The molecule has 0 bridgehead atoms. The smallest absolute Gasteiger partial charge is 0.240 e. The molecule has 1 unspecified atom stereocenters. The van der Waals surface area contributed by atoms with E-state index in [9.17, 15) is 4.79 Å². The van der Waals surface area contributed by atoms with Crippen molar-refractivity contribution < 1.29 is 9.53 Å². The normalized spacial score (nSPS) is 20.5. The summed E-state index contributed by atoms with van der Waals surface area (Å²) in [5, 5.41) is 0. The van der Waals surface area contributed by atoms with E-state index >= 15 is 0 Å². The minimum Gasteiger partial charge on any atom is -0.380 e. The summed E-state index contributed by atoms with van der Waals surface area (Å²) in [7, 11) is 1.67. The highest BCUT2D eigenvalue weighted by Crippen LogP contribution is 2.26. The van der Waals surface area contributed by atoms with Crippen LogP contribution in [0.5, 0.6) is 0 Å². The van der Waals surface area contributed by atoms with Crippen molar-refractivity contribution in [1.82, 2.24) is 0 Å². The van der Waals surface area contributed by atoms with E-state index in [1.807, 2.05) is 29.2 Å². The van der Waals surface area contributed by atoms with Crippen LogP contribution in [-0.4, -0.2) is 24.4 Å². The maximum absolute atomic E-state index is 11.8. The Labute approximate surface area is 104 Å². The van der Waals surface area contributed by atoms with Gasteiger partial charge in [0.1, 0.15) is 0 Å². The molecule has 0 spiro atoms. The lowest BCUT2D eigenvalue weighted by Gasteiger charge is -2.16. The van der Waals surface area contributed by atoms with Crippen LogP contribution in [0.1, 0.15) is 12.0 Å². The second-order valence-corrected chi connectivity index (χ2v) is 4.95. The van der Waals surface area contributed by atoms with Gasteiger partial charge in [0.15, 0.2) is 0 Å². The molecule has 0 aliphatic carbocycles. The molecule has 1 aliphatic heterocycles. The summed E-state index contributed by atoms with van der Waals surface area (Å²) in [5.41, 5.74) is 2.05. The largest absolute Gasteiger partial charge is 0.380 e. The van der Waals surface area contributed by atoms with Gasteiger partial charge >= 0.3 is 0 Å². The molecule has 4 heteroatoms. The maximum Gasteiger partial charge on any atom is 0.240 e. The lowest BCUT2D eigenvalue weighted by molar-refractivity contribution is -0.116. The molecule has 1 amide bonds. The second kappa shape index (κ2) is 4.97. The van der Waals surface area contributed by atoms with Crippen molar-refractivity contribution in [3.63, 3.8) is 0 Å². The van der Waals surface area contributed by atoms with Crippen molar-refractivity contribution in [3.8, 4) is 0 Å². The van der Waals surface area contributed by atoms with E-state index in [0.717, 1.165) is 24.2 Å². The van der Waals surface area contributed by atoms with Crippen molar-refractivity contribution in [2.45, 2.75) is 17.9 Å². The van der Waals surface area contributed by atoms with Gasteiger partial charge in [-0.1, -0.05) is 28.1 Å². The third-order valence-electron chi connectivity index (χ3n) is 2.67. The van der Waals surface area contributed by atoms with Crippen LogP contribution in [0, 0.1) is 0 Å². The van der Waals surface area contributed by atoms with E-state index in [2.05, 4.69) is 15.9 Å². The molecule has 1 aliphatic rings. The highest BCUT2D eigenvalue weighted by molar-refractivity contribution is 9.10. The van der Waals surface area contributed by atoms with Crippen molar-refractivity contribution >= 4 is 27.5 Å². The second-order valence-electron chi connectivity index (χ2n) is 3.85. The van der Waals surface area contributed by atoms with Crippen LogP contribution in [-0.2, 0) is 16.1 Å². The van der Waals surface area contributed by atoms with Crippen LogP contribution in [0.4, 0.5) is 5.69 Å². The lowest BCUT2D eigenvalue weighted by Crippen LogP contribution is -2.27. The maximum atomic E-state index is 11.8. The van der Waals surface area contributed by atoms with Gasteiger partial charge in [0.05, 0.1) is 11.4 Å². The number of alkyl halides is 1. The van der Waals surface area contributed by atoms with Crippen molar-refractivity contribution in [1.29, 1.82) is 0 Å². The average molecular weight is 284 g/mol. The van der Waals surface area contributed by atoms with Crippen molar-refractivity contribution in [3.05, 3.63) is 29.8 Å². The number of halogens is 1. The molecule has 0 radical (unpaired) electrons. The van der Waals surface area contributed by atoms with Crippen LogP contribution >= 0.6 is 15.9 Å². The molecule has 3 nitrogen and oxygen atoms in total. The average Bonchev–Trinajstić information content (AvgIpc) is 2.61. The molecule has 2 rings (SSSR count). The lowest BCUT2D eigenvalue weighted by atomic mass is 10.2. The third kappa shape index (κ3) is 2.28. The van der Waals surface area contributed by atoms with E-state index in [1.165, 1.54) is 0 Å². The van der Waals surface area contributed by atoms with Crippen LogP contribution in [0.15, 0.2) is 24.3 Å². The van der Waals surface area contributed by atoms with Crippen molar-refractivity contribution in [2.24, 2.45) is 0 Å². The Hall–Kier alpha value is -0.870. The van der Waals surface area contributed by atoms with Gasteiger partial charge in [0.2, 0.25) is 5.91 Å². The Bertz CT molecular complexity index is 394. The van der Waals surface area contributed by atoms with Gasteiger partial charge in [-0.05, 0) is 24.1 Å². The predicted octanol–water partition coefficient (Wildman–Crippen LogP) is 2.33. The molecule has 0 aromatic heterocycles. The molecule has 1 aromatic carbocycles. The minimum absolute atomic E-state index is 0.0291. The molecular formula is C12H14BrNO2. The SMILES string of the molecule is COCc1cccc(N2CCC(Br)C2=O)c1. The molecule has 16 heavy (non-hydrogen) atoms. The van der Waals surface area contributed by atoms with Crippen LogP contribution in [0.25, 0.3) is 0 Å². The highest BCUT2D eigenvalue weighted by atomic mass is 79.9. The fraction of sp³-hybridized carbons (Fsp3) is 0.417. The Morgan fingerprint density at radius 1 is 1.56 bits per heavy atom. The number of carbonyl (C=O) groups excluding carboxylic acids is 1. The number of benzene rings is 1. The first-order valence-electron chi connectivity index (χ1n) is 5.25. The summed E-state index contributed by atoms with van der Waals surface area (Å²) >= 11 is 3.37. The monoisotopic (exact) mass is 283 g/mol. The van der Waals surface area contributed by atoms with E-state index in [4.69, 9.17) is 4.74 Å². The number of amides is 1. The zero-order chi connectivity index (χ0) is 11.5. The Kier molecular flexibility index (Phi) is 3.61. The first kappa shape index (κ1) is 11.6. The first-order valence-corrected chi connectivity index (χ1v) is 6.17. The fourth-order valence-electron chi connectivity index (χ4n) is 1.88. The molecule has 1 heterocycles. The van der Waals surface area contributed by atoms with Crippen molar-refractivity contribution in [2.75, 3.05) is 18.6 Å². The fourth-order valence-corrected chi connectivity index (χ4v) is 2.33. The standard InChI is InChI=1S/C12H14BrNO2/c1-16-8-9-3-2-4-10(7-9)14-6-5-11(13)12(14)15/h2-4,7,11H,5-6,8H2,1H3. The zero-order valence-corrected chi connectivity index (χ0v) is 10.7. The zero-order valence-electron chi connectivity index (χ0n) is 9.15. The number of anilines is 1. The van der Waals surface area contributed by atoms with Gasteiger partial charge in [-0.3, -0.25) is 4.79 Å². The van der Waals surface area contributed by atoms with Gasteiger partial charge in [-0.15, -0.1) is 0 Å². The summed E-state index contributed by atoms with van der Waals surface area (Å²) in [6, 6.07) is 7.92. The van der Waals surface area contributed by atoms with Gasteiger partial charge < -0.3 is 9.64 Å². The third-order valence-corrected chi connectivity index (χ3v) is 3.52. The molecule has 1 saturated heterocycles. The first-order chi connectivity index (χ1) is 7.72. The highest BCUT2D eigenvalue weighted by Gasteiger charge is 2.30. The van der Waals surface area contributed by atoms with Gasteiger partial charge in [-0.2, -0.15) is 0 Å². The number of nitrogens with zero attached hydrogens (tertiary/aromatic N) is 1. The molecule has 1 aromatic rings. The number of hydrogen-bond acceptors (Lipinski definition) is 2.